The Kier molecular flexibility index (Phi) is 36.1. The van der Waals surface area contributed by atoms with E-state index in [4.69, 9.17) is 9.47 Å². The van der Waals surface area contributed by atoms with Crippen LogP contribution in [0.2, 0.25) is 0 Å². The summed E-state index contributed by atoms with van der Waals surface area (Å²) in [5.41, 5.74) is 0. The Morgan fingerprint density at radius 1 is 0.589 bits per heavy atom. The third kappa shape index (κ3) is 28.4. The molecule has 1 aliphatic heterocycles. The second-order valence-corrected chi connectivity index (χ2v) is 16.9. The van der Waals surface area contributed by atoms with Crippen LogP contribution < -0.4 is 5.32 Å². The second-order valence-electron chi connectivity index (χ2n) is 16.9. The van der Waals surface area contributed by atoms with Gasteiger partial charge in [0, 0.05) is 6.42 Å². The van der Waals surface area contributed by atoms with Crippen molar-refractivity contribution in [2.24, 2.45) is 0 Å². The quantitative estimate of drug-likeness (QED) is 0.0265. The summed E-state index contributed by atoms with van der Waals surface area (Å²) in [5.74, 6) is -0.174. The molecule has 1 saturated heterocycles. The van der Waals surface area contributed by atoms with Gasteiger partial charge in [0.25, 0.3) is 0 Å². The molecule has 0 radical (unpaired) electrons. The summed E-state index contributed by atoms with van der Waals surface area (Å²) in [6.45, 7) is 3.78. The molecule has 0 aromatic rings. The zero-order valence-corrected chi connectivity index (χ0v) is 36.4. The number of amides is 1. The van der Waals surface area contributed by atoms with E-state index in [-0.39, 0.29) is 12.5 Å². The average Bonchev–Trinajstić information content (AvgIpc) is 3.20. The van der Waals surface area contributed by atoms with E-state index in [2.05, 4.69) is 19.2 Å². The minimum atomic E-state index is -1.56. The second kappa shape index (κ2) is 38.2. The third-order valence-electron chi connectivity index (χ3n) is 11.6. The summed E-state index contributed by atoms with van der Waals surface area (Å²) < 4.78 is 11.2. The van der Waals surface area contributed by atoms with E-state index in [0.717, 1.165) is 38.5 Å². The maximum absolute atomic E-state index is 13.0. The first-order chi connectivity index (χ1) is 27.3. The number of allylic oxidation sites excluding steroid dienone is 1. The first kappa shape index (κ1) is 52.9. The standard InChI is InChI=1S/C47H91NO8/c1-3-5-7-9-11-13-15-17-18-19-20-21-22-23-24-25-27-29-31-33-35-37-43(51)48-40(39-55-47-46(54)45(53)44(52)42(38-49)56-47)41(50)36-34-32-30-28-26-16-14-12-10-8-6-4-2/h34,36,40-42,44-47,49-50,52-54H,3-33,35,37-39H2,1-2H3,(H,48,51). The summed E-state index contributed by atoms with van der Waals surface area (Å²) >= 11 is 0. The highest BCUT2D eigenvalue weighted by atomic mass is 16.7. The van der Waals surface area contributed by atoms with Crippen molar-refractivity contribution >= 4 is 5.91 Å². The maximum atomic E-state index is 13.0. The zero-order valence-electron chi connectivity index (χ0n) is 36.4. The van der Waals surface area contributed by atoms with E-state index < -0.39 is 49.5 Å². The van der Waals surface area contributed by atoms with E-state index in [1.165, 1.54) is 167 Å². The van der Waals surface area contributed by atoms with E-state index >= 15 is 0 Å². The first-order valence-electron chi connectivity index (χ1n) is 23.9. The lowest BCUT2D eigenvalue weighted by Gasteiger charge is -2.40. The number of aliphatic hydroxyl groups is 5. The van der Waals surface area contributed by atoms with Crippen LogP contribution in [0.5, 0.6) is 0 Å². The van der Waals surface area contributed by atoms with Crippen molar-refractivity contribution in [2.45, 2.75) is 269 Å². The molecule has 9 heteroatoms. The molecule has 7 unspecified atom stereocenters. The molecular weight excluding hydrogens is 707 g/mol. The van der Waals surface area contributed by atoms with Gasteiger partial charge in [-0.1, -0.05) is 212 Å². The van der Waals surface area contributed by atoms with Crippen LogP contribution >= 0.6 is 0 Å². The summed E-state index contributed by atoms with van der Waals surface area (Å²) in [6.07, 6.45) is 36.9. The molecule has 0 spiro atoms. The Bertz CT molecular complexity index is 888. The molecule has 1 heterocycles. The fourth-order valence-electron chi connectivity index (χ4n) is 7.75. The van der Waals surface area contributed by atoms with E-state index in [0.29, 0.717) is 6.42 Å². The van der Waals surface area contributed by atoms with E-state index in [9.17, 15) is 30.3 Å². The molecule has 1 aliphatic rings. The molecule has 332 valence electrons. The Hall–Kier alpha value is -1.07. The minimum absolute atomic E-state index is 0.174. The van der Waals surface area contributed by atoms with Crippen LogP contribution in [0.3, 0.4) is 0 Å². The predicted octanol–water partition coefficient (Wildman–Crippen LogP) is 10.1. The fraction of sp³-hybridized carbons (Fsp3) is 0.936. The number of rotatable bonds is 40. The molecule has 7 atom stereocenters. The minimum Gasteiger partial charge on any atom is -0.394 e. The van der Waals surface area contributed by atoms with Crippen LogP contribution in [0.4, 0.5) is 0 Å². The molecule has 0 bridgehead atoms. The van der Waals surface area contributed by atoms with E-state index in [1.807, 2.05) is 6.08 Å². The van der Waals surface area contributed by atoms with Crippen LogP contribution in [0.1, 0.15) is 226 Å². The number of carbonyl (C=O) groups excluding carboxylic acids is 1. The molecular formula is C47H91NO8. The topological polar surface area (TPSA) is 149 Å². The SMILES string of the molecule is CCCCCCCCCCCCC=CC(O)C(COC1OC(CO)C(O)C(O)C1O)NC(=O)CCCCCCCCCCCCCCCCCCCCCCC. The van der Waals surface area contributed by atoms with Gasteiger partial charge in [-0.2, -0.15) is 0 Å². The Balaban J connectivity index is 2.27. The van der Waals surface area contributed by atoms with Gasteiger partial charge in [0.1, 0.15) is 24.4 Å². The lowest BCUT2D eigenvalue weighted by atomic mass is 9.99. The van der Waals surface area contributed by atoms with Crippen molar-refractivity contribution < 1.29 is 39.8 Å². The number of nitrogens with one attached hydrogen (secondary N) is 1. The summed E-state index contributed by atoms with van der Waals surface area (Å²) in [7, 11) is 0. The summed E-state index contributed by atoms with van der Waals surface area (Å²) in [6, 6.07) is -0.797. The van der Waals surface area contributed by atoms with Crippen molar-refractivity contribution in [1.29, 1.82) is 0 Å². The predicted molar refractivity (Wildman–Crippen MR) is 231 cm³/mol. The van der Waals surface area contributed by atoms with Gasteiger partial charge >= 0.3 is 0 Å². The average molecular weight is 798 g/mol. The molecule has 56 heavy (non-hydrogen) atoms. The van der Waals surface area contributed by atoms with Gasteiger partial charge in [-0.3, -0.25) is 4.79 Å². The Morgan fingerprint density at radius 3 is 1.39 bits per heavy atom. The molecule has 9 nitrogen and oxygen atoms in total. The third-order valence-corrected chi connectivity index (χ3v) is 11.6. The number of hydrogen-bond acceptors (Lipinski definition) is 8. The normalized spacial score (nSPS) is 21.2. The number of ether oxygens (including phenoxy) is 2. The van der Waals surface area contributed by atoms with Gasteiger partial charge < -0.3 is 40.3 Å². The molecule has 1 fully saturated rings. The number of unbranched alkanes of at least 4 members (excludes halogenated alkanes) is 30. The summed E-state index contributed by atoms with van der Waals surface area (Å²) in [4.78, 5) is 13.0. The van der Waals surface area contributed by atoms with Crippen molar-refractivity contribution in [2.75, 3.05) is 13.2 Å². The fourth-order valence-corrected chi connectivity index (χ4v) is 7.75. The Morgan fingerprint density at radius 2 is 0.982 bits per heavy atom. The summed E-state index contributed by atoms with van der Waals surface area (Å²) in [5, 5.41) is 54.2. The smallest absolute Gasteiger partial charge is 0.220 e. The van der Waals surface area contributed by atoms with Crippen LogP contribution in [0.25, 0.3) is 0 Å². The highest BCUT2D eigenvalue weighted by Gasteiger charge is 2.44. The highest BCUT2D eigenvalue weighted by molar-refractivity contribution is 5.76. The molecule has 0 aromatic carbocycles. The largest absolute Gasteiger partial charge is 0.394 e. The van der Waals surface area contributed by atoms with Gasteiger partial charge in [-0.15, -0.1) is 0 Å². The van der Waals surface area contributed by atoms with Crippen molar-refractivity contribution in [3.05, 3.63) is 12.2 Å². The van der Waals surface area contributed by atoms with Crippen LogP contribution in [0, 0.1) is 0 Å². The van der Waals surface area contributed by atoms with Crippen molar-refractivity contribution in [1.82, 2.24) is 5.32 Å². The zero-order chi connectivity index (χ0) is 40.9. The van der Waals surface area contributed by atoms with Crippen LogP contribution in [-0.4, -0.2) is 87.5 Å². The van der Waals surface area contributed by atoms with Gasteiger partial charge in [0.05, 0.1) is 25.4 Å². The highest BCUT2D eigenvalue weighted by Crippen LogP contribution is 2.23. The van der Waals surface area contributed by atoms with Crippen LogP contribution in [0.15, 0.2) is 12.2 Å². The molecule has 0 saturated carbocycles. The molecule has 0 aliphatic carbocycles. The van der Waals surface area contributed by atoms with Crippen molar-refractivity contribution in [3.63, 3.8) is 0 Å². The molecule has 1 rings (SSSR count). The lowest BCUT2D eigenvalue weighted by molar-refractivity contribution is -0.302. The molecule has 1 amide bonds. The Labute approximate surface area is 344 Å². The maximum Gasteiger partial charge on any atom is 0.220 e. The number of aliphatic hydroxyl groups excluding tert-OH is 5. The first-order valence-corrected chi connectivity index (χ1v) is 23.9. The van der Waals surface area contributed by atoms with E-state index in [1.54, 1.807) is 6.08 Å². The van der Waals surface area contributed by atoms with Crippen molar-refractivity contribution in [3.8, 4) is 0 Å². The van der Waals surface area contributed by atoms with Gasteiger partial charge in [0.15, 0.2) is 6.29 Å². The van der Waals surface area contributed by atoms with Gasteiger partial charge in [0.2, 0.25) is 5.91 Å². The van der Waals surface area contributed by atoms with Gasteiger partial charge in [-0.05, 0) is 19.3 Å². The van der Waals surface area contributed by atoms with Gasteiger partial charge in [-0.25, -0.2) is 0 Å². The lowest BCUT2D eigenvalue weighted by Crippen LogP contribution is -2.60. The van der Waals surface area contributed by atoms with Crippen LogP contribution in [-0.2, 0) is 14.3 Å². The monoisotopic (exact) mass is 798 g/mol. The number of hydrogen-bond donors (Lipinski definition) is 6. The number of carbonyl (C=O) groups is 1. The molecule has 6 N–H and O–H groups in total. The molecule has 0 aromatic heterocycles.